The molecular formula is C12H17NO3S. The van der Waals surface area contributed by atoms with E-state index in [1.165, 1.54) is 4.31 Å². The van der Waals surface area contributed by atoms with E-state index in [1.54, 1.807) is 25.1 Å². The normalized spacial score (nSPS) is 17.5. The predicted octanol–water partition coefficient (Wildman–Crippen LogP) is 1.27. The Morgan fingerprint density at radius 2 is 1.94 bits per heavy atom. The van der Waals surface area contributed by atoms with Crippen molar-refractivity contribution in [3.05, 3.63) is 29.3 Å². The SMILES string of the molecule is Cc1ccc(CO)cc1S(=O)(=O)N1CCCC1. The van der Waals surface area contributed by atoms with Crippen molar-refractivity contribution in [1.29, 1.82) is 0 Å². The molecule has 1 aromatic rings. The molecule has 0 amide bonds. The van der Waals surface area contributed by atoms with Crippen molar-refractivity contribution in [3.63, 3.8) is 0 Å². The number of nitrogens with zero attached hydrogens (tertiary/aromatic N) is 1. The summed E-state index contributed by atoms with van der Waals surface area (Å²) < 4.78 is 26.3. The van der Waals surface area contributed by atoms with Crippen LogP contribution in [-0.4, -0.2) is 30.9 Å². The van der Waals surface area contributed by atoms with Crippen LogP contribution in [0.2, 0.25) is 0 Å². The molecule has 0 bridgehead atoms. The fourth-order valence-corrected chi connectivity index (χ4v) is 3.88. The van der Waals surface area contributed by atoms with E-state index >= 15 is 0 Å². The van der Waals surface area contributed by atoms with Crippen LogP contribution < -0.4 is 0 Å². The van der Waals surface area contributed by atoms with Gasteiger partial charge in [-0.25, -0.2) is 8.42 Å². The summed E-state index contributed by atoms with van der Waals surface area (Å²) in [6, 6.07) is 5.07. The Bertz CT molecular complexity index is 504. The molecule has 2 rings (SSSR count). The fraction of sp³-hybridized carbons (Fsp3) is 0.500. The quantitative estimate of drug-likeness (QED) is 0.885. The number of hydrogen-bond acceptors (Lipinski definition) is 3. The molecule has 17 heavy (non-hydrogen) atoms. The number of hydrogen-bond donors (Lipinski definition) is 1. The highest BCUT2D eigenvalue weighted by Crippen LogP contribution is 2.24. The number of aliphatic hydroxyl groups is 1. The van der Waals surface area contributed by atoms with Crippen molar-refractivity contribution in [3.8, 4) is 0 Å². The van der Waals surface area contributed by atoms with Gasteiger partial charge in [0.15, 0.2) is 0 Å². The smallest absolute Gasteiger partial charge is 0.243 e. The number of benzene rings is 1. The van der Waals surface area contributed by atoms with Crippen LogP contribution in [0.1, 0.15) is 24.0 Å². The third-order valence-corrected chi connectivity index (χ3v) is 5.16. The summed E-state index contributed by atoms with van der Waals surface area (Å²) in [5.41, 5.74) is 1.36. The maximum absolute atomic E-state index is 12.4. The summed E-state index contributed by atoms with van der Waals surface area (Å²) in [6.07, 6.45) is 1.86. The second-order valence-corrected chi connectivity index (χ2v) is 6.28. The molecule has 0 spiro atoms. The Morgan fingerprint density at radius 3 is 2.53 bits per heavy atom. The molecule has 1 aliphatic rings. The molecule has 0 saturated carbocycles. The molecular weight excluding hydrogens is 238 g/mol. The molecule has 1 saturated heterocycles. The van der Waals surface area contributed by atoms with E-state index in [1.807, 2.05) is 0 Å². The van der Waals surface area contributed by atoms with Crippen LogP contribution in [0.25, 0.3) is 0 Å². The third-order valence-electron chi connectivity index (χ3n) is 3.12. The minimum absolute atomic E-state index is 0.136. The molecule has 1 aliphatic heterocycles. The van der Waals surface area contributed by atoms with Gasteiger partial charge in [0.2, 0.25) is 10.0 Å². The van der Waals surface area contributed by atoms with Crippen molar-refractivity contribution < 1.29 is 13.5 Å². The van der Waals surface area contributed by atoms with E-state index in [9.17, 15) is 8.42 Å². The predicted molar refractivity (Wildman–Crippen MR) is 65.1 cm³/mol. The molecule has 5 heteroatoms. The second-order valence-electron chi connectivity index (χ2n) is 4.37. The zero-order valence-corrected chi connectivity index (χ0v) is 10.7. The summed E-state index contributed by atoms with van der Waals surface area (Å²) in [5, 5.41) is 9.08. The van der Waals surface area contributed by atoms with Gasteiger partial charge in [-0.1, -0.05) is 12.1 Å². The molecule has 0 atom stereocenters. The van der Waals surface area contributed by atoms with E-state index in [0.29, 0.717) is 23.5 Å². The van der Waals surface area contributed by atoms with Crippen LogP contribution in [0.3, 0.4) is 0 Å². The van der Waals surface area contributed by atoms with Crippen molar-refractivity contribution >= 4 is 10.0 Å². The Kier molecular flexibility index (Phi) is 3.51. The summed E-state index contributed by atoms with van der Waals surface area (Å²) in [7, 11) is -3.38. The molecule has 4 nitrogen and oxygen atoms in total. The summed E-state index contributed by atoms with van der Waals surface area (Å²) in [5.74, 6) is 0. The number of aryl methyl sites for hydroxylation is 1. The first-order valence-corrected chi connectivity index (χ1v) is 7.20. The first-order chi connectivity index (χ1) is 8.05. The monoisotopic (exact) mass is 255 g/mol. The van der Waals surface area contributed by atoms with Gasteiger partial charge in [-0.2, -0.15) is 4.31 Å². The maximum atomic E-state index is 12.4. The largest absolute Gasteiger partial charge is 0.392 e. The lowest BCUT2D eigenvalue weighted by atomic mass is 10.2. The maximum Gasteiger partial charge on any atom is 0.243 e. The van der Waals surface area contributed by atoms with E-state index in [4.69, 9.17) is 5.11 Å². The number of sulfonamides is 1. The average molecular weight is 255 g/mol. The van der Waals surface area contributed by atoms with E-state index in [2.05, 4.69) is 0 Å². The minimum atomic E-state index is -3.38. The van der Waals surface area contributed by atoms with Crippen molar-refractivity contribution in [2.75, 3.05) is 13.1 Å². The highest BCUT2D eigenvalue weighted by Gasteiger charge is 2.28. The van der Waals surface area contributed by atoms with Crippen LogP contribution in [-0.2, 0) is 16.6 Å². The number of rotatable bonds is 3. The van der Waals surface area contributed by atoms with Gasteiger partial charge >= 0.3 is 0 Å². The Balaban J connectivity index is 2.44. The highest BCUT2D eigenvalue weighted by molar-refractivity contribution is 7.89. The van der Waals surface area contributed by atoms with Gasteiger partial charge in [-0.3, -0.25) is 0 Å². The zero-order valence-electron chi connectivity index (χ0n) is 9.89. The first kappa shape index (κ1) is 12.5. The second kappa shape index (κ2) is 4.76. The standard InChI is InChI=1S/C12H17NO3S/c1-10-4-5-11(9-14)8-12(10)17(15,16)13-6-2-3-7-13/h4-5,8,14H,2-3,6-7,9H2,1H3. The van der Waals surface area contributed by atoms with Gasteiger partial charge in [0, 0.05) is 13.1 Å². The van der Waals surface area contributed by atoms with E-state index in [0.717, 1.165) is 18.4 Å². The Hall–Kier alpha value is -0.910. The zero-order chi connectivity index (χ0) is 12.5. The van der Waals surface area contributed by atoms with Crippen LogP contribution >= 0.6 is 0 Å². The van der Waals surface area contributed by atoms with Crippen LogP contribution in [0, 0.1) is 6.92 Å². The van der Waals surface area contributed by atoms with Crippen LogP contribution in [0.4, 0.5) is 0 Å². The molecule has 0 unspecified atom stereocenters. The van der Waals surface area contributed by atoms with Gasteiger partial charge in [0.05, 0.1) is 11.5 Å². The Labute approximate surface area is 102 Å². The van der Waals surface area contributed by atoms with Gasteiger partial charge < -0.3 is 5.11 Å². The molecule has 0 aromatic heterocycles. The average Bonchev–Trinajstić information content (AvgIpc) is 2.83. The molecule has 0 radical (unpaired) electrons. The van der Waals surface area contributed by atoms with Crippen molar-refractivity contribution in [2.24, 2.45) is 0 Å². The minimum Gasteiger partial charge on any atom is -0.392 e. The number of aliphatic hydroxyl groups excluding tert-OH is 1. The van der Waals surface area contributed by atoms with E-state index in [-0.39, 0.29) is 6.61 Å². The summed E-state index contributed by atoms with van der Waals surface area (Å²) >= 11 is 0. The molecule has 1 fully saturated rings. The van der Waals surface area contributed by atoms with Crippen molar-refractivity contribution in [2.45, 2.75) is 31.3 Å². The fourth-order valence-electron chi connectivity index (χ4n) is 2.09. The molecule has 94 valence electrons. The van der Waals surface area contributed by atoms with E-state index < -0.39 is 10.0 Å². The topological polar surface area (TPSA) is 57.6 Å². The summed E-state index contributed by atoms with van der Waals surface area (Å²) in [4.78, 5) is 0.325. The highest BCUT2D eigenvalue weighted by atomic mass is 32.2. The molecule has 1 heterocycles. The lowest BCUT2D eigenvalue weighted by molar-refractivity contribution is 0.281. The Morgan fingerprint density at radius 1 is 1.29 bits per heavy atom. The molecule has 1 aromatic carbocycles. The molecule has 0 aliphatic carbocycles. The third kappa shape index (κ3) is 2.36. The lowest BCUT2D eigenvalue weighted by Gasteiger charge is -2.17. The lowest BCUT2D eigenvalue weighted by Crippen LogP contribution is -2.28. The van der Waals surface area contributed by atoms with Crippen molar-refractivity contribution in [1.82, 2.24) is 4.31 Å². The first-order valence-electron chi connectivity index (χ1n) is 5.76. The molecule has 1 N–H and O–H groups in total. The van der Waals surface area contributed by atoms with Gasteiger partial charge in [0.25, 0.3) is 0 Å². The van der Waals surface area contributed by atoms with Gasteiger partial charge in [0.1, 0.15) is 0 Å². The summed E-state index contributed by atoms with van der Waals surface area (Å²) in [6.45, 7) is 2.85. The van der Waals surface area contributed by atoms with Gasteiger partial charge in [-0.05, 0) is 37.0 Å². The van der Waals surface area contributed by atoms with Gasteiger partial charge in [-0.15, -0.1) is 0 Å². The van der Waals surface area contributed by atoms with Crippen LogP contribution in [0.15, 0.2) is 23.1 Å². The van der Waals surface area contributed by atoms with Crippen LogP contribution in [0.5, 0.6) is 0 Å².